The Morgan fingerprint density at radius 3 is 2.23 bits per heavy atom. The lowest BCUT2D eigenvalue weighted by molar-refractivity contribution is -0.266. The van der Waals surface area contributed by atoms with Gasteiger partial charge in [0.1, 0.15) is 0 Å². The van der Waals surface area contributed by atoms with Crippen LogP contribution in [0.25, 0.3) is 0 Å². The summed E-state index contributed by atoms with van der Waals surface area (Å²) in [6.07, 6.45) is 0. The van der Waals surface area contributed by atoms with E-state index in [9.17, 15) is 0 Å². The molecule has 3 heteroatoms. The molecule has 2 rings (SSSR count). The Balaban J connectivity index is 2.21. The molecule has 0 spiro atoms. The maximum atomic E-state index is 5.49. The molecule has 0 bridgehead atoms. The Labute approximate surface area is 77.2 Å². The lowest BCUT2D eigenvalue weighted by Crippen LogP contribution is -2.37. The molecule has 13 heavy (non-hydrogen) atoms. The minimum Gasteiger partial charge on any atom is -0.426 e. The second kappa shape index (κ2) is 2.92. The van der Waals surface area contributed by atoms with E-state index < -0.39 is 5.97 Å². The molecule has 1 aromatic carbocycles. The summed E-state index contributed by atoms with van der Waals surface area (Å²) < 4.78 is 16.3. The van der Waals surface area contributed by atoms with Gasteiger partial charge in [-0.2, -0.15) is 0 Å². The monoisotopic (exact) mass is 180 g/mol. The molecule has 0 fully saturated rings. The van der Waals surface area contributed by atoms with Crippen LogP contribution in [0.4, 0.5) is 0 Å². The van der Waals surface area contributed by atoms with Gasteiger partial charge in [0, 0.05) is 6.92 Å². The van der Waals surface area contributed by atoms with E-state index in [-0.39, 0.29) is 0 Å². The minimum absolute atomic E-state index is 0.560. The van der Waals surface area contributed by atoms with E-state index in [1.165, 1.54) is 0 Å². The molecule has 3 nitrogen and oxygen atoms in total. The molecule has 0 atom stereocenters. The topological polar surface area (TPSA) is 27.7 Å². The second-order valence-corrected chi connectivity index (χ2v) is 2.95. The predicted molar refractivity (Wildman–Crippen MR) is 47.7 cm³/mol. The molecular formula is C10H12O3. The number of benzene rings is 1. The van der Waals surface area contributed by atoms with Crippen molar-refractivity contribution in [3.05, 3.63) is 24.3 Å². The molecule has 0 saturated heterocycles. The SMILES string of the molecule is CCOC1(C)Oc2ccccc2O1. The van der Waals surface area contributed by atoms with Gasteiger partial charge in [-0.15, -0.1) is 0 Å². The van der Waals surface area contributed by atoms with Crippen LogP contribution < -0.4 is 9.47 Å². The molecule has 0 saturated carbocycles. The van der Waals surface area contributed by atoms with E-state index in [1.807, 2.05) is 31.2 Å². The maximum absolute atomic E-state index is 5.49. The quantitative estimate of drug-likeness (QED) is 0.698. The van der Waals surface area contributed by atoms with Gasteiger partial charge in [0.05, 0.1) is 6.61 Å². The van der Waals surface area contributed by atoms with Crippen molar-refractivity contribution in [2.24, 2.45) is 0 Å². The Bertz CT molecular complexity index is 284. The number of fused-ring (bicyclic) bond motifs is 1. The molecule has 1 aromatic rings. The normalized spacial score (nSPS) is 17.4. The fourth-order valence-electron chi connectivity index (χ4n) is 1.36. The van der Waals surface area contributed by atoms with Crippen LogP contribution in [0, 0.1) is 0 Å². The molecule has 0 N–H and O–H groups in total. The lowest BCUT2D eigenvalue weighted by atomic mass is 10.3. The van der Waals surface area contributed by atoms with Gasteiger partial charge in [0.2, 0.25) is 0 Å². The van der Waals surface area contributed by atoms with E-state index in [2.05, 4.69) is 0 Å². The van der Waals surface area contributed by atoms with Gasteiger partial charge in [-0.1, -0.05) is 12.1 Å². The third kappa shape index (κ3) is 1.47. The summed E-state index contributed by atoms with van der Waals surface area (Å²) in [5.74, 6) is 0.523. The number of ether oxygens (including phenoxy) is 3. The minimum atomic E-state index is -0.946. The standard InChI is InChI=1S/C10H12O3/c1-3-11-10(2)12-8-6-4-5-7-9(8)13-10/h4-7H,3H2,1-2H3. The summed E-state index contributed by atoms with van der Waals surface area (Å²) in [6.45, 7) is 4.22. The number of rotatable bonds is 2. The third-order valence-corrected chi connectivity index (χ3v) is 1.85. The summed E-state index contributed by atoms with van der Waals surface area (Å²) in [6, 6.07) is 7.53. The molecule has 1 heterocycles. The van der Waals surface area contributed by atoms with E-state index in [4.69, 9.17) is 14.2 Å². The third-order valence-electron chi connectivity index (χ3n) is 1.85. The first-order chi connectivity index (χ1) is 6.23. The van der Waals surface area contributed by atoms with Crippen molar-refractivity contribution in [1.82, 2.24) is 0 Å². The zero-order valence-corrected chi connectivity index (χ0v) is 7.74. The Morgan fingerprint density at radius 1 is 1.23 bits per heavy atom. The summed E-state index contributed by atoms with van der Waals surface area (Å²) >= 11 is 0. The van der Waals surface area contributed by atoms with Crippen LogP contribution in [0.15, 0.2) is 24.3 Å². The zero-order valence-electron chi connectivity index (χ0n) is 7.74. The second-order valence-electron chi connectivity index (χ2n) is 2.95. The number of para-hydroxylation sites is 2. The smallest absolute Gasteiger partial charge is 0.368 e. The van der Waals surface area contributed by atoms with Crippen molar-refractivity contribution < 1.29 is 14.2 Å². The molecule has 1 aliphatic heterocycles. The van der Waals surface area contributed by atoms with Crippen LogP contribution in [-0.2, 0) is 4.74 Å². The average Bonchev–Trinajstić information content (AvgIpc) is 2.40. The summed E-state index contributed by atoms with van der Waals surface area (Å²) in [5.41, 5.74) is 0. The maximum Gasteiger partial charge on any atom is 0.368 e. The molecule has 0 aromatic heterocycles. The fourth-order valence-corrected chi connectivity index (χ4v) is 1.36. The van der Waals surface area contributed by atoms with Gasteiger partial charge in [-0.05, 0) is 19.1 Å². The zero-order chi connectivity index (χ0) is 9.31. The predicted octanol–water partition coefficient (Wildman–Crippen LogP) is 2.17. The Hall–Kier alpha value is -1.22. The van der Waals surface area contributed by atoms with Gasteiger partial charge in [0.15, 0.2) is 11.5 Å². The van der Waals surface area contributed by atoms with Crippen LogP contribution in [-0.4, -0.2) is 12.6 Å². The van der Waals surface area contributed by atoms with Gasteiger partial charge in [-0.25, -0.2) is 0 Å². The fraction of sp³-hybridized carbons (Fsp3) is 0.400. The Morgan fingerprint density at radius 2 is 1.77 bits per heavy atom. The molecular weight excluding hydrogens is 168 g/mol. The van der Waals surface area contributed by atoms with Crippen LogP contribution in [0.2, 0.25) is 0 Å². The largest absolute Gasteiger partial charge is 0.426 e. The van der Waals surface area contributed by atoms with Gasteiger partial charge < -0.3 is 14.2 Å². The first kappa shape index (κ1) is 8.38. The van der Waals surface area contributed by atoms with Gasteiger partial charge >= 0.3 is 5.97 Å². The Kier molecular flexibility index (Phi) is 1.88. The van der Waals surface area contributed by atoms with E-state index in [0.29, 0.717) is 6.61 Å². The highest BCUT2D eigenvalue weighted by Crippen LogP contribution is 2.39. The highest BCUT2D eigenvalue weighted by molar-refractivity contribution is 5.42. The van der Waals surface area contributed by atoms with E-state index >= 15 is 0 Å². The van der Waals surface area contributed by atoms with Gasteiger partial charge in [-0.3, -0.25) is 0 Å². The summed E-state index contributed by atoms with van der Waals surface area (Å²) in [7, 11) is 0. The van der Waals surface area contributed by atoms with Crippen LogP contribution >= 0.6 is 0 Å². The van der Waals surface area contributed by atoms with Crippen LogP contribution in [0.3, 0.4) is 0 Å². The van der Waals surface area contributed by atoms with Crippen molar-refractivity contribution in [2.75, 3.05) is 6.61 Å². The van der Waals surface area contributed by atoms with Crippen molar-refractivity contribution in [1.29, 1.82) is 0 Å². The van der Waals surface area contributed by atoms with Crippen molar-refractivity contribution >= 4 is 0 Å². The van der Waals surface area contributed by atoms with Crippen LogP contribution in [0.5, 0.6) is 11.5 Å². The highest BCUT2D eigenvalue weighted by Gasteiger charge is 2.37. The highest BCUT2D eigenvalue weighted by atomic mass is 16.9. The van der Waals surface area contributed by atoms with Crippen molar-refractivity contribution in [2.45, 2.75) is 19.8 Å². The van der Waals surface area contributed by atoms with Crippen LogP contribution in [0.1, 0.15) is 13.8 Å². The molecule has 0 aliphatic carbocycles. The van der Waals surface area contributed by atoms with E-state index in [0.717, 1.165) is 11.5 Å². The average molecular weight is 180 g/mol. The lowest BCUT2D eigenvalue weighted by Gasteiger charge is -2.21. The first-order valence-corrected chi connectivity index (χ1v) is 4.34. The summed E-state index contributed by atoms with van der Waals surface area (Å²) in [4.78, 5) is 0. The summed E-state index contributed by atoms with van der Waals surface area (Å²) in [5, 5.41) is 0. The number of hydrogen-bond acceptors (Lipinski definition) is 3. The number of hydrogen-bond donors (Lipinski definition) is 0. The molecule has 70 valence electrons. The molecule has 1 aliphatic rings. The van der Waals surface area contributed by atoms with Crippen molar-refractivity contribution in [3.63, 3.8) is 0 Å². The molecule has 0 amide bonds. The van der Waals surface area contributed by atoms with Gasteiger partial charge in [0.25, 0.3) is 0 Å². The van der Waals surface area contributed by atoms with Crippen molar-refractivity contribution in [3.8, 4) is 11.5 Å². The molecule has 0 unspecified atom stereocenters. The first-order valence-electron chi connectivity index (χ1n) is 4.34. The molecule has 0 radical (unpaired) electrons. The van der Waals surface area contributed by atoms with E-state index in [1.54, 1.807) is 6.92 Å².